The summed E-state index contributed by atoms with van der Waals surface area (Å²) in [4.78, 5) is 25.4. The molecule has 0 aliphatic carbocycles. The van der Waals surface area contributed by atoms with Crippen LogP contribution < -0.4 is 10.6 Å². The maximum Gasteiger partial charge on any atom is 0.291 e. The number of aromatic nitrogens is 2. The third kappa shape index (κ3) is 3.76. The molecular weight excluding hydrogens is 408 g/mol. The van der Waals surface area contributed by atoms with E-state index in [2.05, 4.69) is 15.7 Å². The highest BCUT2D eigenvalue weighted by Gasteiger charge is 2.17. The molecule has 0 unspecified atom stereocenters. The molecule has 2 aromatic heterocycles. The summed E-state index contributed by atoms with van der Waals surface area (Å²) in [6.07, 6.45) is 0. The maximum atomic E-state index is 12.7. The summed E-state index contributed by atoms with van der Waals surface area (Å²) in [7, 11) is 0. The lowest BCUT2D eigenvalue weighted by Crippen LogP contribution is -2.17. The summed E-state index contributed by atoms with van der Waals surface area (Å²) in [5, 5.41) is 10.8. The number of nitrogens with zero attached hydrogens (tertiary/aromatic N) is 2. The van der Waals surface area contributed by atoms with Crippen LogP contribution in [0.25, 0.3) is 11.0 Å². The number of hydrogen-bond donors (Lipinski definition) is 2. The van der Waals surface area contributed by atoms with Gasteiger partial charge in [-0.15, -0.1) is 0 Å². The summed E-state index contributed by atoms with van der Waals surface area (Å²) in [6, 6.07) is 14.4. The van der Waals surface area contributed by atoms with Crippen LogP contribution in [0.5, 0.6) is 0 Å². The van der Waals surface area contributed by atoms with Crippen molar-refractivity contribution in [3.05, 3.63) is 76.8 Å². The first-order chi connectivity index (χ1) is 15.5. The molecule has 8 heteroatoms. The van der Waals surface area contributed by atoms with Gasteiger partial charge in [-0.25, -0.2) is 0 Å². The molecular formula is C24H22N4O4. The van der Waals surface area contributed by atoms with Crippen LogP contribution in [0.4, 0.5) is 11.4 Å². The van der Waals surface area contributed by atoms with E-state index in [4.69, 9.17) is 9.15 Å². The molecule has 0 radical (unpaired) electrons. The molecule has 0 saturated heterocycles. The van der Waals surface area contributed by atoms with Gasteiger partial charge in [0.05, 0.1) is 18.9 Å². The molecule has 0 atom stereocenters. The van der Waals surface area contributed by atoms with E-state index in [1.807, 2.05) is 32.0 Å². The van der Waals surface area contributed by atoms with Gasteiger partial charge in [0.2, 0.25) is 0 Å². The fraction of sp³-hybridized carbons (Fsp3) is 0.208. The SMILES string of the molecule is CCn1nc(C)cc1C(=O)Nc1ccc2oc(C(=O)Nc3ccc4c(c3)COC4)cc2c1. The van der Waals surface area contributed by atoms with Crippen LogP contribution in [0.15, 0.2) is 52.9 Å². The smallest absolute Gasteiger partial charge is 0.291 e. The Balaban J connectivity index is 1.33. The molecule has 2 aromatic carbocycles. The van der Waals surface area contributed by atoms with Gasteiger partial charge in [-0.3, -0.25) is 14.3 Å². The number of hydrogen-bond acceptors (Lipinski definition) is 5. The van der Waals surface area contributed by atoms with Crippen molar-refractivity contribution < 1.29 is 18.7 Å². The fourth-order valence-corrected chi connectivity index (χ4v) is 3.84. The Labute approximate surface area is 184 Å². The van der Waals surface area contributed by atoms with E-state index in [0.717, 1.165) is 22.2 Å². The Hall–Kier alpha value is -3.91. The lowest BCUT2D eigenvalue weighted by molar-refractivity contribution is 0.0995. The number of carbonyl (C=O) groups is 2. The Bertz CT molecular complexity index is 1350. The van der Waals surface area contributed by atoms with Crippen molar-refractivity contribution in [3.8, 4) is 0 Å². The monoisotopic (exact) mass is 430 g/mol. The summed E-state index contributed by atoms with van der Waals surface area (Å²) in [5.74, 6) is -0.387. The lowest BCUT2D eigenvalue weighted by atomic mass is 10.1. The molecule has 2 amide bonds. The van der Waals surface area contributed by atoms with Gasteiger partial charge in [0, 0.05) is 23.3 Å². The average Bonchev–Trinajstić information content (AvgIpc) is 3.50. The molecule has 3 heterocycles. The third-order valence-electron chi connectivity index (χ3n) is 5.41. The Morgan fingerprint density at radius 2 is 1.72 bits per heavy atom. The number of nitrogens with one attached hydrogen (secondary N) is 2. The highest BCUT2D eigenvalue weighted by Crippen LogP contribution is 2.26. The number of aryl methyl sites for hydroxylation is 2. The van der Waals surface area contributed by atoms with Crippen molar-refractivity contribution in [2.45, 2.75) is 33.6 Å². The molecule has 1 aliphatic rings. The number of ether oxygens (including phenoxy) is 1. The number of furan rings is 1. The van der Waals surface area contributed by atoms with E-state index >= 15 is 0 Å². The largest absolute Gasteiger partial charge is 0.451 e. The summed E-state index contributed by atoms with van der Waals surface area (Å²) >= 11 is 0. The van der Waals surface area contributed by atoms with E-state index in [0.29, 0.717) is 42.4 Å². The fourth-order valence-electron chi connectivity index (χ4n) is 3.84. The summed E-state index contributed by atoms with van der Waals surface area (Å²) in [5.41, 5.74) is 5.35. The van der Waals surface area contributed by atoms with Crippen LogP contribution in [-0.4, -0.2) is 21.6 Å². The van der Waals surface area contributed by atoms with Crippen molar-refractivity contribution >= 4 is 34.2 Å². The molecule has 0 spiro atoms. The van der Waals surface area contributed by atoms with Crippen LogP contribution in [0.3, 0.4) is 0 Å². The first kappa shape index (κ1) is 20.0. The minimum Gasteiger partial charge on any atom is -0.451 e. The summed E-state index contributed by atoms with van der Waals surface area (Å²) in [6.45, 7) is 5.55. The summed E-state index contributed by atoms with van der Waals surface area (Å²) < 4.78 is 12.8. The second kappa shape index (κ2) is 7.97. The molecule has 4 aromatic rings. The number of amides is 2. The third-order valence-corrected chi connectivity index (χ3v) is 5.41. The van der Waals surface area contributed by atoms with Gasteiger partial charge in [-0.05, 0) is 67.4 Å². The van der Waals surface area contributed by atoms with Crippen LogP contribution >= 0.6 is 0 Å². The molecule has 2 N–H and O–H groups in total. The molecule has 5 rings (SSSR count). The van der Waals surface area contributed by atoms with Crippen molar-refractivity contribution in [2.75, 3.05) is 10.6 Å². The van der Waals surface area contributed by atoms with Crippen molar-refractivity contribution in [1.29, 1.82) is 0 Å². The highest BCUT2D eigenvalue weighted by molar-refractivity contribution is 6.06. The number of rotatable bonds is 5. The Morgan fingerprint density at radius 1 is 0.969 bits per heavy atom. The van der Waals surface area contributed by atoms with E-state index in [1.165, 1.54) is 0 Å². The molecule has 0 fully saturated rings. The standard InChI is InChI=1S/C24H22N4O4/c1-3-28-20(8-14(2)27-28)23(29)25-19-6-7-21-16(9-19)11-22(32-21)24(30)26-18-5-4-15-12-31-13-17(15)10-18/h4-11H,3,12-13H2,1-2H3,(H,25,29)(H,26,30). The number of fused-ring (bicyclic) bond motifs is 2. The second-order valence-corrected chi connectivity index (χ2v) is 7.73. The predicted octanol–water partition coefficient (Wildman–Crippen LogP) is 4.49. The van der Waals surface area contributed by atoms with E-state index < -0.39 is 0 Å². The molecule has 0 saturated carbocycles. The molecule has 8 nitrogen and oxygen atoms in total. The van der Waals surface area contributed by atoms with E-state index in [-0.39, 0.29) is 17.6 Å². The van der Waals surface area contributed by atoms with Gasteiger partial charge in [-0.1, -0.05) is 6.07 Å². The maximum absolute atomic E-state index is 12.7. The van der Waals surface area contributed by atoms with Crippen LogP contribution in [0.1, 0.15) is 44.8 Å². The van der Waals surface area contributed by atoms with Gasteiger partial charge in [0.1, 0.15) is 11.3 Å². The van der Waals surface area contributed by atoms with Gasteiger partial charge >= 0.3 is 0 Å². The lowest BCUT2D eigenvalue weighted by Gasteiger charge is -2.06. The first-order valence-corrected chi connectivity index (χ1v) is 10.4. The van der Waals surface area contributed by atoms with Gasteiger partial charge in [0.25, 0.3) is 11.8 Å². The van der Waals surface area contributed by atoms with Crippen molar-refractivity contribution in [2.24, 2.45) is 0 Å². The number of anilines is 2. The topological polar surface area (TPSA) is 98.4 Å². The minimum atomic E-state index is -0.340. The zero-order valence-electron chi connectivity index (χ0n) is 17.8. The normalized spacial score (nSPS) is 12.7. The molecule has 32 heavy (non-hydrogen) atoms. The Kier molecular flexibility index (Phi) is 4.99. The van der Waals surface area contributed by atoms with Crippen molar-refractivity contribution in [1.82, 2.24) is 9.78 Å². The van der Waals surface area contributed by atoms with Gasteiger partial charge in [-0.2, -0.15) is 5.10 Å². The molecule has 162 valence electrons. The zero-order chi connectivity index (χ0) is 22.2. The van der Waals surface area contributed by atoms with Gasteiger partial charge < -0.3 is 19.8 Å². The average molecular weight is 430 g/mol. The van der Waals surface area contributed by atoms with Crippen LogP contribution in [0, 0.1) is 6.92 Å². The van der Waals surface area contributed by atoms with Crippen LogP contribution in [-0.2, 0) is 24.5 Å². The Morgan fingerprint density at radius 3 is 2.56 bits per heavy atom. The molecule has 1 aliphatic heterocycles. The van der Waals surface area contributed by atoms with Crippen LogP contribution in [0.2, 0.25) is 0 Å². The van der Waals surface area contributed by atoms with E-state index in [1.54, 1.807) is 35.0 Å². The quantitative estimate of drug-likeness (QED) is 0.486. The second-order valence-electron chi connectivity index (χ2n) is 7.73. The number of carbonyl (C=O) groups excluding carboxylic acids is 2. The molecule has 0 bridgehead atoms. The van der Waals surface area contributed by atoms with Gasteiger partial charge in [0.15, 0.2) is 5.76 Å². The van der Waals surface area contributed by atoms with Crippen molar-refractivity contribution in [3.63, 3.8) is 0 Å². The highest BCUT2D eigenvalue weighted by atomic mass is 16.5. The minimum absolute atomic E-state index is 0.194. The number of benzene rings is 2. The first-order valence-electron chi connectivity index (χ1n) is 10.4. The zero-order valence-corrected chi connectivity index (χ0v) is 17.8. The van der Waals surface area contributed by atoms with E-state index in [9.17, 15) is 9.59 Å². The predicted molar refractivity (Wildman–Crippen MR) is 120 cm³/mol.